The van der Waals surface area contributed by atoms with Crippen molar-refractivity contribution >= 4 is 22.4 Å². The minimum atomic E-state index is -0.00282. The maximum Gasteiger partial charge on any atom is 0.226 e. The lowest BCUT2D eigenvalue weighted by Gasteiger charge is -2.07. The highest BCUT2D eigenvalue weighted by Gasteiger charge is 2.17. The van der Waals surface area contributed by atoms with Gasteiger partial charge < -0.3 is 10.1 Å². The van der Waals surface area contributed by atoms with Crippen LogP contribution in [0, 0.1) is 0 Å². The van der Waals surface area contributed by atoms with Crippen LogP contribution < -0.4 is 5.32 Å². The van der Waals surface area contributed by atoms with E-state index in [2.05, 4.69) is 29.4 Å². The summed E-state index contributed by atoms with van der Waals surface area (Å²) >= 11 is 1.44. The monoisotopic (exact) mass is 269 g/mol. The Kier molecular flexibility index (Phi) is 4.66. The van der Waals surface area contributed by atoms with Gasteiger partial charge in [-0.3, -0.25) is 4.79 Å². The Morgan fingerprint density at radius 1 is 1.56 bits per heavy atom. The van der Waals surface area contributed by atoms with Gasteiger partial charge in [-0.1, -0.05) is 25.2 Å². The molecule has 0 bridgehead atoms. The first-order valence-corrected chi connectivity index (χ1v) is 7.21. The molecule has 6 heteroatoms. The average molecular weight is 269 g/mol. The summed E-state index contributed by atoms with van der Waals surface area (Å²) in [7, 11) is 0. The van der Waals surface area contributed by atoms with Gasteiger partial charge in [-0.2, -0.15) is 0 Å². The van der Waals surface area contributed by atoms with Gasteiger partial charge in [-0.25, -0.2) is 0 Å². The number of ether oxygens (including phenoxy) is 1. The average Bonchev–Trinajstić information content (AvgIpc) is 2.96. The van der Waals surface area contributed by atoms with Crippen LogP contribution in [0.5, 0.6) is 0 Å². The Bertz CT molecular complexity index is 400. The molecule has 1 fully saturated rings. The number of hydrogen-bond acceptors (Lipinski definition) is 5. The van der Waals surface area contributed by atoms with E-state index in [-0.39, 0.29) is 12.0 Å². The number of anilines is 1. The van der Waals surface area contributed by atoms with E-state index in [1.165, 1.54) is 11.3 Å². The number of carbonyl (C=O) groups is 1. The maximum atomic E-state index is 11.7. The van der Waals surface area contributed by atoms with E-state index in [0.717, 1.165) is 30.9 Å². The van der Waals surface area contributed by atoms with Gasteiger partial charge in [-0.15, -0.1) is 10.2 Å². The number of nitrogens with one attached hydrogen (secondary N) is 1. The topological polar surface area (TPSA) is 64.1 Å². The minimum absolute atomic E-state index is 0.00282. The van der Waals surface area contributed by atoms with Crippen LogP contribution >= 0.6 is 11.3 Å². The summed E-state index contributed by atoms with van der Waals surface area (Å²) in [6, 6.07) is 0. The quantitative estimate of drug-likeness (QED) is 0.892. The minimum Gasteiger partial charge on any atom is -0.378 e. The van der Waals surface area contributed by atoms with E-state index in [1.54, 1.807) is 0 Å². The molecule has 0 spiro atoms. The zero-order valence-corrected chi connectivity index (χ0v) is 11.6. The molecule has 2 heterocycles. The van der Waals surface area contributed by atoms with Gasteiger partial charge in [0.1, 0.15) is 5.01 Å². The highest BCUT2D eigenvalue weighted by molar-refractivity contribution is 7.15. The van der Waals surface area contributed by atoms with Gasteiger partial charge in [0.15, 0.2) is 0 Å². The van der Waals surface area contributed by atoms with Crippen molar-refractivity contribution in [3.63, 3.8) is 0 Å². The summed E-state index contributed by atoms with van der Waals surface area (Å²) in [5.41, 5.74) is 0. The summed E-state index contributed by atoms with van der Waals surface area (Å²) in [6.45, 7) is 4.95. The molecule has 0 radical (unpaired) electrons. The van der Waals surface area contributed by atoms with Crippen molar-refractivity contribution in [3.05, 3.63) is 5.01 Å². The largest absolute Gasteiger partial charge is 0.378 e. The van der Waals surface area contributed by atoms with Crippen LogP contribution in [0.15, 0.2) is 0 Å². The van der Waals surface area contributed by atoms with Gasteiger partial charge in [0.05, 0.1) is 6.10 Å². The number of rotatable bonds is 5. The standard InChI is InChI=1S/C12H19N3O2S/c1-8(2)11-14-15-12(18-11)13-10(16)6-5-9-4-3-7-17-9/h8-9H,3-7H2,1-2H3,(H,13,15,16). The molecule has 1 aromatic heterocycles. The van der Waals surface area contributed by atoms with Crippen molar-refractivity contribution in [3.8, 4) is 0 Å². The van der Waals surface area contributed by atoms with Crippen LogP contribution in [0.4, 0.5) is 5.13 Å². The van der Waals surface area contributed by atoms with Crippen LogP contribution in [-0.2, 0) is 9.53 Å². The van der Waals surface area contributed by atoms with Gasteiger partial charge >= 0.3 is 0 Å². The van der Waals surface area contributed by atoms with Gasteiger partial charge in [0.25, 0.3) is 0 Å². The van der Waals surface area contributed by atoms with Crippen molar-refractivity contribution < 1.29 is 9.53 Å². The second-order valence-electron chi connectivity index (χ2n) is 4.82. The smallest absolute Gasteiger partial charge is 0.226 e. The third-order valence-electron chi connectivity index (χ3n) is 2.90. The van der Waals surface area contributed by atoms with Crippen molar-refractivity contribution in [2.45, 2.75) is 51.6 Å². The van der Waals surface area contributed by atoms with Gasteiger partial charge in [-0.05, 0) is 19.3 Å². The molecule has 5 nitrogen and oxygen atoms in total. The fraction of sp³-hybridized carbons (Fsp3) is 0.750. The van der Waals surface area contributed by atoms with E-state index in [0.29, 0.717) is 17.5 Å². The molecule has 1 aromatic rings. The molecule has 2 rings (SSSR count). The summed E-state index contributed by atoms with van der Waals surface area (Å²) in [6.07, 6.45) is 3.73. The molecule has 1 amide bonds. The van der Waals surface area contributed by atoms with E-state index in [9.17, 15) is 4.79 Å². The second kappa shape index (κ2) is 6.24. The molecule has 1 aliphatic rings. The zero-order chi connectivity index (χ0) is 13.0. The Balaban J connectivity index is 1.75. The fourth-order valence-electron chi connectivity index (χ4n) is 1.86. The molecule has 0 aliphatic carbocycles. The number of hydrogen-bond donors (Lipinski definition) is 1. The first-order chi connectivity index (χ1) is 8.65. The molecular formula is C12H19N3O2S. The molecule has 1 atom stereocenters. The Hall–Kier alpha value is -1.01. The summed E-state index contributed by atoms with van der Waals surface area (Å²) < 4.78 is 5.48. The summed E-state index contributed by atoms with van der Waals surface area (Å²) in [5.74, 6) is 0.344. The first-order valence-electron chi connectivity index (χ1n) is 6.40. The molecule has 1 N–H and O–H groups in total. The Morgan fingerprint density at radius 2 is 2.39 bits per heavy atom. The van der Waals surface area contributed by atoms with Crippen molar-refractivity contribution in [2.24, 2.45) is 0 Å². The zero-order valence-electron chi connectivity index (χ0n) is 10.8. The SMILES string of the molecule is CC(C)c1nnc(NC(=O)CCC2CCCO2)s1. The Labute approximate surface area is 111 Å². The van der Waals surface area contributed by atoms with Crippen LogP contribution in [0.25, 0.3) is 0 Å². The first kappa shape index (κ1) is 13.4. The van der Waals surface area contributed by atoms with Crippen LogP contribution in [0.2, 0.25) is 0 Å². The lowest BCUT2D eigenvalue weighted by molar-refractivity contribution is -0.116. The normalized spacial score (nSPS) is 19.4. The number of carbonyl (C=O) groups excluding carboxylic acids is 1. The molecule has 1 saturated heterocycles. The van der Waals surface area contributed by atoms with Crippen LogP contribution in [0.3, 0.4) is 0 Å². The molecular weight excluding hydrogens is 250 g/mol. The number of nitrogens with zero attached hydrogens (tertiary/aromatic N) is 2. The van der Waals surface area contributed by atoms with E-state index < -0.39 is 0 Å². The van der Waals surface area contributed by atoms with Crippen molar-refractivity contribution in [1.29, 1.82) is 0 Å². The lowest BCUT2D eigenvalue weighted by Crippen LogP contribution is -2.15. The highest BCUT2D eigenvalue weighted by atomic mass is 32.1. The number of aromatic nitrogens is 2. The predicted octanol–water partition coefficient (Wildman–Crippen LogP) is 2.56. The lowest BCUT2D eigenvalue weighted by atomic mass is 10.1. The van der Waals surface area contributed by atoms with E-state index in [4.69, 9.17) is 4.74 Å². The Morgan fingerprint density at radius 3 is 3.00 bits per heavy atom. The van der Waals surface area contributed by atoms with E-state index >= 15 is 0 Å². The molecule has 0 aromatic carbocycles. The summed E-state index contributed by atoms with van der Waals surface area (Å²) in [5, 5.41) is 12.3. The van der Waals surface area contributed by atoms with Crippen molar-refractivity contribution in [2.75, 3.05) is 11.9 Å². The van der Waals surface area contributed by atoms with Gasteiger partial charge in [0, 0.05) is 18.9 Å². The molecule has 0 saturated carbocycles. The predicted molar refractivity (Wildman–Crippen MR) is 70.8 cm³/mol. The third-order valence-corrected chi connectivity index (χ3v) is 4.04. The molecule has 18 heavy (non-hydrogen) atoms. The van der Waals surface area contributed by atoms with E-state index in [1.807, 2.05) is 0 Å². The van der Waals surface area contributed by atoms with Crippen LogP contribution in [-0.4, -0.2) is 28.8 Å². The molecule has 1 unspecified atom stereocenters. The van der Waals surface area contributed by atoms with Crippen molar-refractivity contribution in [1.82, 2.24) is 10.2 Å². The molecule has 100 valence electrons. The number of amides is 1. The van der Waals surface area contributed by atoms with Crippen LogP contribution in [0.1, 0.15) is 50.5 Å². The highest BCUT2D eigenvalue weighted by Crippen LogP contribution is 2.23. The fourth-order valence-corrected chi connectivity index (χ4v) is 2.63. The molecule has 1 aliphatic heterocycles. The second-order valence-corrected chi connectivity index (χ2v) is 5.83. The summed E-state index contributed by atoms with van der Waals surface area (Å²) in [4.78, 5) is 11.7. The maximum absolute atomic E-state index is 11.7. The third kappa shape index (κ3) is 3.74. The van der Waals surface area contributed by atoms with Gasteiger partial charge in [0.2, 0.25) is 11.0 Å².